The van der Waals surface area contributed by atoms with Gasteiger partial charge in [-0.05, 0) is 36.4 Å². The average Bonchev–Trinajstić information content (AvgIpc) is 2.54. The number of hydrogen-bond donors (Lipinski definition) is 2. The number of carbonyl (C=O) groups excluding carboxylic acids is 1. The predicted molar refractivity (Wildman–Crippen MR) is 94.8 cm³/mol. The van der Waals surface area contributed by atoms with Crippen molar-refractivity contribution in [3.8, 4) is 0 Å². The third-order valence-electron chi connectivity index (χ3n) is 3.44. The summed E-state index contributed by atoms with van der Waals surface area (Å²) < 4.78 is 0. The molecule has 2 aromatic carbocycles. The molecular formula is C18H16ClN3O. The van der Waals surface area contributed by atoms with Gasteiger partial charge in [0.1, 0.15) is 5.15 Å². The maximum absolute atomic E-state index is 11.0. The molecule has 116 valence electrons. The topological polar surface area (TPSA) is 54.0 Å². The Morgan fingerprint density at radius 2 is 1.78 bits per heavy atom. The highest BCUT2D eigenvalue weighted by Crippen LogP contribution is 2.22. The van der Waals surface area contributed by atoms with Crippen molar-refractivity contribution in [2.24, 2.45) is 0 Å². The molecule has 0 atom stereocenters. The van der Waals surface area contributed by atoms with Gasteiger partial charge in [0.2, 0.25) is 5.91 Å². The van der Waals surface area contributed by atoms with Crippen LogP contribution in [0.2, 0.25) is 5.15 Å². The van der Waals surface area contributed by atoms with Crippen LogP contribution in [-0.4, -0.2) is 10.9 Å². The molecule has 0 bridgehead atoms. The maximum Gasteiger partial charge on any atom is 0.221 e. The highest BCUT2D eigenvalue weighted by molar-refractivity contribution is 6.30. The zero-order valence-electron chi connectivity index (χ0n) is 12.6. The standard InChI is InChI=1S/C18H16ClN3O/c1-12(23)21-16-8-6-15(7-9-16)20-11-14-10-13-4-2-3-5-17(13)22-18(14)19/h2-10,20H,11H2,1H3,(H,21,23). The molecule has 3 aromatic rings. The molecule has 0 aliphatic heterocycles. The van der Waals surface area contributed by atoms with Gasteiger partial charge in [0.05, 0.1) is 5.52 Å². The van der Waals surface area contributed by atoms with E-state index in [4.69, 9.17) is 11.6 Å². The number of anilines is 2. The first kappa shape index (κ1) is 15.3. The second kappa shape index (κ2) is 6.67. The van der Waals surface area contributed by atoms with Gasteiger partial charge < -0.3 is 10.6 Å². The van der Waals surface area contributed by atoms with Crippen LogP contribution in [0, 0.1) is 0 Å². The number of hydrogen-bond acceptors (Lipinski definition) is 3. The second-order valence-electron chi connectivity index (χ2n) is 5.24. The summed E-state index contributed by atoms with van der Waals surface area (Å²) in [6.45, 7) is 2.07. The predicted octanol–water partition coefficient (Wildman–Crippen LogP) is 4.46. The molecule has 2 N–H and O–H groups in total. The Labute approximate surface area is 139 Å². The summed E-state index contributed by atoms with van der Waals surface area (Å²) in [7, 11) is 0. The number of carbonyl (C=O) groups is 1. The average molecular weight is 326 g/mol. The minimum Gasteiger partial charge on any atom is -0.381 e. The number of pyridine rings is 1. The lowest BCUT2D eigenvalue weighted by Crippen LogP contribution is -2.06. The SMILES string of the molecule is CC(=O)Nc1ccc(NCc2cc3ccccc3nc2Cl)cc1. The Balaban J connectivity index is 1.72. The van der Waals surface area contributed by atoms with Crippen molar-refractivity contribution in [1.29, 1.82) is 0 Å². The van der Waals surface area contributed by atoms with E-state index >= 15 is 0 Å². The summed E-state index contributed by atoms with van der Waals surface area (Å²) in [5, 5.41) is 7.62. The van der Waals surface area contributed by atoms with Gasteiger partial charge in [0, 0.05) is 35.8 Å². The Morgan fingerprint density at radius 3 is 2.52 bits per heavy atom. The summed E-state index contributed by atoms with van der Waals surface area (Å²) in [4.78, 5) is 15.4. The number of benzene rings is 2. The summed E-state index contributed by atoms with van der Waals surface area (Å²) in [5.41, 5.74) is 3.55. The van der Waals surface area contributed by atoms with Gasteiger partial charge in [-0.25, -0.2) is 4.98 Å². The fourth-order valence-corrected chi connectivity index (χ4v) is 2.54. The number of fused-ring (bicyclic) bond motifs is 1. The van der Waals surface area contributed by atoms with Gasteiger partial charge in [-0.1, -0.05) is 29.8 Å². The largest absolute Gasteiger partial charge is 0.381 e. The molecule has 1 amide bonds. The molecule has 0 radical (unpaired) electrons. The van der Waals surface area contributed by atoms with Crippen molar-refractivity contribution in [3.63, 3.8) is 0 Å². The van der Waals surface area contributed by atoms with Crippen LogP contribution in [-0.2, 0) is 11.3 Å². The van der Waals surface area contributed by atoms with Gasteiger partial charge in [0.25, 0.3) is 0 Å². The lowest BCUT2D eigenvalue weighted by molar-refractivity contribution is -0.114. The zero-order chi connectivity index (χ0) is 16.2. The summed E-state index contributed by atoms with van der Waals surface area (Å²) in [5.74, 6) is -0.0836. The number of nitrogens with zero attached hydrogens (tertiary/aromatic N) is 1. The monoisotopic (exact) mass is 325 g/mol. The third kappa shape index (κ3) is 3.79. The molecule has 0 saturated heterocycles. The zero-order valence-corrected chi connectivity index (χ0v) is 13.4. The Bertz CT molecular complexity index is 847. The van der Waals surface area contributed by atoms with Crippen LogP contribution in [0.25, 0.3) is 10.9 Å². The van der Waals surface area contributed by atoms with Gasteiger partial charge in [-0.3, -0.25) is 4.79 Å². The molecule has 23 heavy (non-hydrogen) atoms. The van der Waals surface area contributed by atoms with E-state index in [1.165, 1.54) is 6.92 Å². The summed E-state index contributed by atoms with van der Waals surface area (Å²) in [6, 6.07) is 17.5. The summed E-state index contributed by atoms with van der Waals surface area (Å²) in [6.07, 6.45) is 0. The molecule has 0 aliphatic rings. The van der Waals surface area contributed by atoms with Crippen LogP contribution in [0.1, 0.15) is 12.5 Å². The van der Waals surface area contributed by atoms with Crippen molar-refractivity contribution in [1.82, 2.24) is 4.98 Å². The fourth-order valence-electron chi connectivity index (χ4n) is 2.33. The van der Waals surface area contributed by atoms with Crippen molar-refractivity contribution >= 4 is 39.8 Å². The highest BCUT2D eigenvalue weighted by atomic mass is 35.5. The molecular weight excluding hydrogens is 310 g/mol. The lowest BCUT2D eigenvalue weighted by atomic mass is 10.1. The quantitative estimate of drug-likeness (QED) is 0.696. The molecule has 0 fully saturated rings. The van der Waals surface area contributed by atoms with E-state index in [9.17, 15) is 4.79 Å². The number of rotatable bonds is 4. The fraction of sp³-hybridized carbons (Fsp3) is 0.111. The first-order valence-electron chi connectivity index (χ1n) is 7.27. The molecule has 0 saturated carbocycles. The second-order valence-corrected chi connectivity index (χ2v) is 5.60. The molecule has 0 spiro atoms. The Morgan fingerprint density at radius 1 is 1.09 bits per heavy atom. The van der Waals surface area contributed by atoms with E-state index in [0.29, 0.717) is 11.7 Å². The summed E-state index contributed by atoms with van der Waals surface area (Å²) >= 11 is 6.25. The van der Waals surface area contributed by atoms with Crippen molar-refractivity contribution in [3.05, 3.63) is 65.3 Å². The molecule has 1 heterocycles. The van der Waals surface area contributed by atoms with Gasteiger partial charge in [0.15, 0.2) is 0 Å². The van der Waals surface area contributed by atoms with E-state index in [1.807, 2.05) is 54.6 Å². The van der Waals surface area contributed by atoms with Crippen LogP contribution in [0.15, 0.2) is 54.6 Å². The molecule has 3 rings (SSSR count). The molecule has 4 nitrogen and oxygen atoms in total. The van der Waals surface area contributed by atoms with Crippen molar-refractivity contribution in [2.45, 2.75) is 13.5 Å². The van der Waals surface area contributed by atoms with E-state index in [1.54, 1.807) is 0 Å². The van der Waals surface area contributed by atoms with Gasteiger partial charge in [-0.2, -0.15) is 0 Å². The van der Waals surface area contributed by atoms with Crippen LogP contribution < -0.4 is 10.6 Å². The first-order valence-corrected chi connectivity index (χ1v) is 7.65. The van der Waals surface area contributed by atoms with E-state index in [2.05, 4.69) is 15.6 Å². The van der Waals surface area contributed by atoms with Crippen LogP contribution >= 0.6 is 11.6 Å². The highest BCUT2D eigenvalue weighted by Gasteiger charge is 2.05. The number of amides is 1. The molecule has 0 unspecified atom stereocenters. The Kier molecular flexibility index (Phi) is 4.44. The van der Waals surface area contributed by atoms with Gasteiger partial charge in [-0.15, -0.1) is 0 Å². The van der Waals surface area contributed by atoms with Gasteiger partial charge >= 0.3 is 0 Å². The van der Waals surface area contributed by atoms with Crippen molar-refractivity contribution < 1.29 is 4.79 Å². The molecule has 5 heteroatoms. The molecule has 1 aromatic heterocycles. The van der Waals surface area contributed by atoms with Crippen molar-refractivity contribution in [2.75, 3.05) is 10.6 Å². The first-order chi connectivity index (χ1) is 11.1. The minimum atomic E-state index is -0.0836. The van der Waals surface area contributed by atoms with E-state index in [-0.39, 0.29) is 5.91 Å². The maximum atomic E-state index is 11.0. The number of nitrogens with one attached hydrogen (secondary N) is 2. The lowest BCUT2D eigenvalue weighted by Gasteiger charge is -2.10. The van der Waals surface area contributed by atoms with E-state index in [0.717, 1.165) is 27.8 Å². The number of para-hydroxylation sites is 1. The van der Waals surface area contributed by atoms with E-state index < -0.39 is 0 Å². The molecule has 0 aliphatic carbocycles. The van der Waals surface area contributed by atoms with Crippen LogP contribution in [0.3, 0.4) is 0 Å². The van der Waals surface area contributed by atoms with Crippen LogP contribution in [0.4, 0.5) is 11.4 Å². The van der Waals surface area contributed by atoms with Crippen LogP contribution in [0.5, 0.6) is 0 Å². The smallest absolute Gasteiger partial charge is 0.221 e. The number of halogens is 1. The normalized spacial score (nSPS) is 10.5. The Hall–Kier alpha value is -2.59. The third-order valence-corrected chi connectivity index (χ3v) is 3.77. The number of aromatic nitrogens is 1. The minimum absolute atomic E-state index is 0.0836.